The predicted molar refractivity (Wildman–Crippen MR) is 71.2 cm³/mol. The molecule has 0 bridgehead atoms. The molecule has 0 aromatic heterocycles. The second-order valence-electron chi connectivity index (χ2n) is 4.76. The summed E-state index contributed by atoms with van der Waals surface area (Å²) in [5.41, 5.74) is 1.23. The minimum Gasteiger partial charge on any atom is -0.395 e. The van der Waals surface area contributed by atoms with E-state index < -0.39 is 0 Å². The maximum Gasteiger partial charge on any atom is 0.0558 e. The van der Waals surface area contributed by atoms with Crippen molar-refractivity contribution in [2.75, 3.05) is 13.2 Å². The maximum absolute atomic E-state index is 9.16. The van der Waals surface area contributed by atoms with Gasteiger partial charge in [0.15, 0.2) is 0 Å². The SMILES string of the molecule is OCCN(Cc1cccc(Cl)c1)C1CCCC1. The third kappa shape index (κ3) is 3.70. The molecule has 0 atom stereocenters. The lowest BCUT2D eigenvalue weighted by atomic mass is 10.1. The molecule has 0 radical (unpaired) electrons. The van der Waals surface area contributed by atoms with Gasteiger partial charge in [0.1, 0.15) is 0 Å². The van der Waals surface area contributed by atoms with Crippen molar-refractivity contribution >= 4 is 11.6 Å². The van der Waals surface area contributed by atoms with Crippen molar-refractivity contribution in [1.82, 2.24) is 4.90 Å². The van der Waals surface area contributed by atoms with Gasteiger partial charge in [-0.3, -0.25) is 4.90 Å². The molecule has 0 amide bonds. The second kappa shape index (κ2) is 6.39. The highest BCUT2D eigenvalue weighted by Gasteiger charge is 2.22. The van der Waals surface area contributed by atoms with Gasteiger partial charge in [-0.05, 0) is 30.5 Å². The van der Waals surface area contributed by atoms with E-state index in [2.05, 4.69) is 11.0 Å². The first-order valence-electron chi connectivity index (χ1n) is 6.39. The molecule has 0 heterocycles. The first-order chi connectivity index (χ1) is 8.29. The molecule has 1 saturated carbocycles. The molecule has 1 N–H and O–H groups in total. The van der Waals surface area contributed by atoms with E-state index in [0.29, 0.717) is 6.04 Å². The highest BCUT2D eigenvalue weighted by Crippen LogP contribution is 2.25. The Hall–Kier alpha value is -0.570. The Morgan fingerprint density at radius 2 is 2.06 bits per heavy atom. The summed E-state index contributed by atoms with van der Waals surface area (Å²) in [6, 6.07) is 8.65. The quantitative estimate of drug-likeness (QED) is 0.872. The lowest BCUT2D eigenvalue weighted by Crippen LogP contribution is -2.35. The number of aliphatic hydroxyl groups excluding tert-OH is 1. The molecule has 0 unspecified atom stereocenters. The van der Waals surface area contributed by atoms with E-state index in [1.807, 2.05) is 18.2 Å². The Labute approximate surface area is 108 Å². The molecule has 0 aliphatic heterocycles. The second-order valence-corrected chi connectivity index (χ2v) is 5.20. The highest BCUT2D eigenvalue weighted by molar-refractivity contribution is 6.30. The number of benzene rings is 1. The largest absolute Gasteiger partial charge is 0.395 e. The number of nitrogens with zero attached hydrogens (tertiary/aromatic N) is 1. The van der Waals surface area contributed by atoms with Crippen LogP contribution >= 0.6 is 11.6 Å². The standard InChI is InChI=1S/C14H20ClNO/c15-13-5-3-4-12(10-13)11-16(8-9-17)14-6-1-2-7-14/h3-5,10,14,17H,1-2,6-9,11H2. The molecule has 2 rings (SSSR count). The number of halogens is 1. The van der Waals surface area contributed by atoms with E-state index in [9.17, 15) is 0 Å². The van der Waals surface area contributed by atoms with Gasteiger partial charge in [-0.15, -0.1) is 0 Å². The van der Waals surface area contributed by atoms with Crippen LogP contribution in [0.25, 0.3) is 0 Å². The molecule has 3 heteroatoms. The van der Waals surface area contributed by atoms with Crippen LogP contribution in [0.4, 0.5) is 0 Å². The number of hydrogen-bond donors (Lipinski definition) is 1. The van der Waals surface area contributed by atoms with Crippen molar-refractivity contribution in [3.05, 3.63) is 34.9 Å². The molecule has 1 fully saturated rings. The third-order valence-electron chi connectivity index (χ3n) is 3.50. The van der Waals surface area contributed by atoms with E-state index >= 15 is 0 Å². The smallest absolute Gasteiger partial charge is 0.0558 e. The van der Waals surface area contributed by atoms with Crippen molar-refractivity contribution in [1.29, 1.82) is 0 Å². The maximum atomic E-state index is 9.16. The van der Waals surface area contributed by atoms with E-state index in [4.69, 9.17) is 16.7 Å². The van der Waals surface area contributed by atoms with Gasteiger partial charge >= 0.3 is 0 Å². The lowest BCUT2D eigenvalue weighted by molar-refractivity contribution is 0.145. The molecular weight excluding hydrogens is 234 g/mol. The van der Waals surface area contributed by atoms with Gasteiger partial charge in [0, 0.05) is 24.2 Å². The van der Waals surface area contributed by atoms with Crippen molar-refractivity contribution in [2.45, 2.75) is 38.3 Å². The normalized spacial score (nSPS) is 16.9. The van der Waals surface area contributed by atoms with Crippen molar-refractivity contribution in [3.8, 4) is 0 Å². The van der Waals surface area contributed by atoms with Gasteiger partial charge in [0.25, 0.3) is 0 Å². The molecule has 1 aromatic carbocycles. The summed E-state index contributed by atoms with van der Waals surface area (Å²) < 4.78 is 0. The van der Waals surface area contributed by atoms with Crippen LogP contribution in [0, 0.1) is 0 Å². The van der Waals surface area contributed by atoms with Crippen molar-refractivity contribution < 1.29 is 5.11 Å². The van der Waals surface area contributed by atoms with Crippen LogP contribution in [-0.4, -0.2) is 29.2 Å². The van der Waals surface area contributed by atoms with Crippen molar-refractivity contribution in [2.24, 2.45) is 0 Å². The Morgan fingerprint density at radius 3 is 2.71 bits per heavy atom. The lowest BCUT2D eigenvalue weighted by Gasteiger charge is -2.28. The summed E-state index contributed by atoms with van der Waals surface area (Å²) in [6.07, 6.45) is 5.17. The summed E-state index contributed by atoms with van der Waals surface area (Å²) in [4.78, 5) is 2.39. The molecule has 2 nitrogen and oxygen atoms in total. The molecule has 0 saturated heterocycles. The molecule has 1 aliphatic rings. The van der Waals surface area contributed by atoms with E-state index in [1.54, 1.807) is 0 Å². The molecular formula is C14H20ClNO. The summed E-state index contributed by atoms with van der Waals surface area (Å²) in [6.45, 7) is 1.89. The fourth-order valence-corrected chi connectivity index (χ4v) is 2.87. The van der Waals surface area contributed by atoms with Crippen LogP contribution in [0.15, 0.2) is 24.3 Å². The van der Waals surface area contributed by atoms with Crippen LogP contribution in [0.2, 0.25) is 5.02 Å². The van der Waals surface area contributed by atoms with Gasteiger partial charge in [-0.25, -0.2) is 0 Å². The molecule has 0 spiro atoms. The molecule has 17 heavy (non-hydrogen) atoms. The zero-order chi connectivity index (χ0) is 12.1. The zero-order valence-corrected chi connectivity index (χ0v) is 10.9. The molecule has 1 aliphatic carbocycles. The third-order valence-corrected chi connectivity index (χ3v) is 3.74. The summed E-state index contributed by atoms with van der Waals surface area (Å²) in [7, 11) is 0. The fraction of sp³-hybridized carbons (Fsp3) is 0.571. The Morgan fingerprint density at radius 1 is 1.29 bits per heavy atom. The number of aliphatic hydroxyl groups is 1. The van der Waals surface area contributed by atoms with Gasteiger partial charge in [0.05, 0.1) is 6.61 Å². The predicted octanol–water partition coefficient (Wildman–Crippen LogP) is 3.08. The first kappa shape index (κ1) is 12.9. The van der Waals surface area contributed by atoms with E-state index in [0.717, 1.165) is 18.1 Å². The van der Waals surface area contributed by atoms with Crippen LogP contribution in [0.5, 0.6) is 0 Å². The van der Waals surface area contributed by atoms with Crippen LogP contribution < -0.4 is 0 Å². The van der Waals surface area contributed by atoms with E-state index in [1.165, 1.54) is 31.2 Å². The van der Waals surface area contributed by atoms with Gasteiger partial charge in [-0.2, -0.15) is 0 Å². The number of rotatable bonds is 5. The van der Waals surface area contributed by atoms with Crippen LogP contribution in [-0.2, 0) is 6.54 Å². The minimum atomic E-state index is 0.233. The van der Waals surface area contributed by atoms with Gasteiger partial charge < -0.3 is 5.11 Å². The average molecular weight is 254 g/mol. The zero-order valence-electron chi connectivity index (χ0n) is 10.1. The van der Waals surface area contributed by atoms with Crippen molar-refractivity contribution in [3.63, 3.8) is 0 Å². The van der Waals surface area contributed by atoms with Gasteiger partial charge in [0.2, 0.25) is 0 Å². The number of hydrogen-bond acceptors (Lipinski definition) is 2. The Bertz CT molecular complexity index is 350. The fourth-order valence-electron chi connectivity index (χ4n) is 2.66. The summed E-state index contributed by atoms with van der Waals surface area (Å²) in [5, 5.41) is 9.95. The van der Waals surface area contributed by atoms with E-state index in [-0.39, 0.29) is 6.61 Å². The summed E-state index contributed by atoms with van der Waals surface area (Å²) >= 11 is 6.00. The van der Waals surface area contributed by atoms with Crippen LogP contribution in [0.1, 0.15) is 31.2 Å². The molecule has 1 aromatic rings. The molecule has 94 valence electrons. The Balaban J connectivity index is 2.01. The highest BCUT2D eigenvalue weighted by atomic mass is 35.5. The van der Waals surface area contributed by atoms with Crippen LogP contribution in [0.3, 0.4) is 0 Å². The first-order valence-corrected chi connectivity index (χ1v) is 6.77. The summed E-state index contributed by atoms with van der Waals surface area (Å²) in [5.74, 6) is 0. The average Bonchev–Trinajstić information content (AvgIpc) is 2.82. The monoisotopic (exact) mass is 253 g/mol. The topological polar surface area (TPSA) is 23.5 Å². The minimum absolute atomic E-state index is 0.233. The Kier molecular flexibility index (Phi) is 4.84. The van der Waals surface area contributed by atoms with Gasteiger partial charge in [-0.1, -0.05) is 36.6 Å².